The first kappa shape index (κ1) is 22.7. The van der Waals surface area contributed by atoms with E-state index in [-0.39, 0.29) is 11.4 Å². The number of ether oxygens (including phenoxy) is 1. The van der Waals surface area contributed by atoms with Crippen LogP contribution in [0.5, 0.6) is 5.75 Å². The van der Waals surface area contributed by atoms with Gasteiger partial charge in [-0.15, -0.1) is 0 Å². The van der Waals surface area contributed by atoms with Crippen molar-refractivity contribution < 1.29 is 9.53 Å². The first-order valence-electron chi connectivity index (χ1n) is 10.6. The second-order valence-electron chi connectivity index (χ2n) is 7.82. The summed E-state index contributed by atoms with van der Waals surface area (Å²) in [4.78, 5) is 13.4. The highest BCUT2D eigenvalue weighted by Crippen LogP contribution is 2.35. The molecule has 0 spiro atoms. The number of anilines is 1. The lowest BCUT2D eigenvalue weighted by Crippen LogP contribution is -2.31. The Bertz CT molecular complexity index is 1400. The summed E-state index contributed by atoms with van der Waals surface area (Å²) in [5.41, 5.74) is 3.62. The van der Waals surface area contributed by atoms with E-state index in [1.54, 1.807) is 25.3 Å². The second kappa shape index (κ2) is 9.66. The van der Waals surface area contributed by atoms with E-state index >= 15 is 0 Å². The predicted octanol–water partition coefficient (Wildman–Crippen LogP) is 6.60. The Labute approximate surface area is 211 Å². The van der Waals surface area contributed by atoms with Crippen LogP contribution in [-0.4, -0.2) is 23.1 Å². The number of hydrogen-bond acceptors (Lipinski definition) is 4. The molecule has 0 bridgehead atoms. The molecule has 3 aromatic carbocycles. The number of benzene rings is 3. The van der Waals surface area contributed by atoms with E-state index in [0.717, 1.165) is 27.1 Å². The number of hydrogen-bond donors (Lipinski definition) is 2. The van der Waals surface area contributed by atoms with Crippen molar-refractivity contribution in [3.8, 4) is 5.75 Å². The van der Waals surface area contributed by atoms with Crippen LogP contribution in [0.25, 0.3) is 17.0 Å². The van der Waals surface area contributed by atoms with Gasteiger partial charge in [0.05, 0.1) is 17.7 Å². The van der Waals surface area contributed by atoms with Crippen LogP contribution in [0.1, 0.15) is 11.1 Å². The highest BCUT2D eigenvalue weighted by atomic mass is 35.5. The molecule has 1 aliphatic rings. The second-order valence-corrected chi connectivity index (χ2v) is 9.84. The maximum Gasteiger partial charge on any atom is 0.260 e. The standard InChI is InChI=1S/C26H21Cl2N3O2S/c1-33-23-11-10-19(28)13-21(23)29-26-30-25(32)24(34-26)12-17-15-31(22-5-3-2-4-20(17)22)14-16-6-8-18(27)9-7-16/h2-13,15,26,29H,14H2,1H3,(H,30,32)/b24-12-. The van der Waals surface area contributed by atoms with Crippen molar-refractivity contribution in [1.29, 1.82) is 0 Å². The lowest BCUT2D eigenvalue weighted by molar-refractivity contribution is -0.116. The fourth-order valence-electron chi connectivity index (χ4n) is 3.95. The van der Waals surface area contributed by atoms with Gasteiger partial charge in [-0.2, -0.15) is 0 Å². The first-order valence-corrected chi connectivity index (χ1v) is 12.3. The molecular weight excluding hydrogens is 489 g/mol. The number of rotatable bonds is 6. The molecule has 5 nitrogen and oxygen atoms in total. The molecular formula is C26H21Cl2N3O2S. The largest absolute Gasteiger partial charge is 0.495 e. The minimum absolute atomic E-state index is 0.127. The van der Waals surface area contributed by atoms with E-state index in [9.17, 15) is 4.79 Å². The van der Waals surface area contributed by atoms with Crippen molar-refractivity contribution in [1.82, 2.24) is 9.88 Å². The van der Waals surface area contributed by atoms with Gasteiger partial charge in [0.2, 0.25) is 0 Å². The number of carbonyl (C=O) groups is 1. The summed E-state index contributed by atoms with van der Waals surface area (Å²) in [6.45, 7) is 0.707. The van der Waals surface area contributed by atoms with Gasteiger partial charge in [-0.05, 0) is 48.0 Å². The number of nitrogens with one attached hydrogen (secondary N) is 2. The topological polar surface area (TPSA) is 55.3 Å². The average Bonchev–Trinajstić information content (AvgIpc) is 3.35. The Kier molecular flexibility index (Phi) is 6.46. The minimum Gasteiger partial charge on any atom is -0.495 e. The molecule has 0 saturated carbocycles. The zero-order valence-corrected chi connectivity index (χ0v) is 20.5. The van der Waals surface area contributed by atoms with Crippen LogP contribution in [0.15, 0.2) is 77.8 Å². The number of halogens is 2. The molecule has 2 heterocycles. The van der Waals surface area contributed by atoms with Crippen molar-refractivity contribution in [3.05, 3.63) is 99.0 Å². The third-order valence-corrected chi connectivity index (χ3v) is 7.07. The van der Waals surface area contributed by atoms with E-state index < -0.39 is 0 Å². The van der Waals surface area contributed by atoms with E-state index in [1.165, 1.54) is 11.8 Å². The maximum atomic E-state index is 12.7. The van der Waals surface area contributed by atoms with Gasteiger partial charge >= 0.3 is 0 Å². The van der Waals surface area contributed by atoms with Gasteiger partial charge in [-0.3, -0.25) is 4.79 Å². The number of thioether (sulfide) groups is 1. The molecule has 4 aromatic rings. The van der Waals surface area contributed by atoms with Gasteiger partial charge in [-0.1, -0.05) is 65.3 Å². The average molecular weight is 510 g/mol. The van der Waals surface area contributed by atoms with Gasteiger partial charge in [0, 0.05) is 39.3 Å². The van der Waals surface area contributed by atoms with E-state index in [4.69, 9.17) is 27.9 Å². The molecule has 0 aliphatic carbocycles. The Morgan fingerprint density at radius 1 is 1.09 bits per heavy atom. The number of aromatic nitrogens is 1. The number of para-hydroxylation sites is 1. The summed E-state index contributed by atoms with van der Waals surface area (Å²) in [6, 6.07) is 21.4. The molecule has 1 fully saturated rings. The molecule has 1 aromatic heterocycles. The maximum absolute atomic E-state index is 12.7. The molecule has 8 heteroatoms. The predicted molar refractivity (Wildman–Crippen MR) is 142 cm³/mol. The number of nitrogens with zero attached hydrogens (tertiary/aromatic N) is 1. The summed E-state index contributed by atoms with van der Waals surface area (Å²) in [5.74, 6) is 0.528. The monoisotopic (exact) mass is 509 g/mol. The van der Waals surface area contributed by atoms with Crippen LogP contribution in [0.3, 0.4) is 0 Å². The highest BCUT2D eigenvalue weighted by Gasteiger charge is 2.28. The highest BCUT2D eigenvalue weighted by molar-refractivity contribution is 8.05. The van der Waals surface area contributed by atoms with Crippen LogP contribution < -0.4 is 15.4 Å². The molecule has 1 atom stereocenters. The van der Waals surface area contributed by atoms with Crippen LogP contribution in [0.2, 0.25) is 10.0 Å². The molecule has 1 unspecified atom stereocenters. The molecule has 5 rings (SSSR count). The van der Waals surface area contributed by atoms with E-state index in [0.29, 0.717) is 27.9 Å². The Morgan fingerprint density at radius 2 is 1.85 bits per heavy atom. The number of methoxy groups -OCH3 is 1. The van der Waals surface area contributed by atoms with Crippen molar-refractivity contribution >= 4 is 63.5 Å². The number of amides is 1. The molecule has 0 radical (unpaired) electrons. The lowest BCUT2D eigenvalue weighted by Gasteiger charge is -2.15. The van der Waals surface area contributed by atoms with Gasteiger partial charge in [0.25, 0.3) is 5.91 Å². The SMILES string of the molecule is COc1ccc(Cl)cc1NC1NC(=O)/C(=C/c2cn(Cc3ccc(Cl)cc3)c3ccccc23)S1. The molecule has 34 heavy (non-hydrogen) atoms. The van der Waals surface area contributed by atoms with E-state index in [1.807, 2.05) is 42.5 Å². The molecule has 1 aliphatic heterocycles. The van der Waals surface area contributed by atoms with Crippen molar-refractivity contribution in [3.63, 3.8) is 0 Å². The summed E-state index contributed by atoms with van der Waals surface area (Å²) >= 11 is 13.6. The normalized spacial score (nSPS) is 16.7. The summed E-state index contributed by atoms with van der Waals surface area (Å²) < 4.78 is 7.59. The fraction of sp³-hybridized carbons (Fsp3) is 0.115. The van der Waals surface area contributed by atoms with Gasteiger partial charge in [-0.25, -0.2) is 0 Å². The van der Waals surface area contributed by atoms with Gasteiger partial charge in [0.15, 0.2) is 5.50 Å². The van der Waals surface area contributed by atoms with E-state index in [2.05, 4.69) is 33.5 Å². The number of carbonyl (C=O) groups excluding carboxylic acids is 1. The van der Waals surface area contributed by atoms with Crippen LogP contribution in [-0.2, 0) is 11.3 Å². The molecule has 2 N–H and O–H groups in total. The smallest absolute Gasteiger partial charge is 0.260 e. The zero-order valence-electron chi connectivity index (χ0n) is 18.2. The van der Waals surface area contributed by atoms with Crippen molar-refractivity contribution in [2.45, 2.75) is 12.0 Å². The Morgan fingerprint density at radius 3 is 2.65 bits per heavy atom. The molecule has 1 amide bonds. The summed E-state index contributed by atoms with van der Waals surface area (Å²) in [7, 11) is 1.60. The van der Waals surface area contributed by atoms with Crippen LogP contribution in [0, 0.1) is 0 Å². The third-order valence-electron chi connectivity index (χ3n) is 5.55. The summed E-state index contributed by atoms with van der Waals surface area (Å²) in [5, 5.41) is 8.65. The van der Waals surface area contributed by atoms with Gasteiger partial charge < -0.3 is 19.9 Å². The van der Waals surface area contributed by atoms with Gasteiger partial charge in [0.1, 0.15) is 5.75 Å². The van der Waals surface area contributed by atoms with Crippen molar-refractivity contribution in [2.75, 3.05) is 12.4 Å². The molecule has 1 saturated heterocycles. The van der Waals surface area contributed by atoms with Crippen molar-refractivity contribution in [2.24, 2.45) is 0 Å². The first-order chi connectivity index (χ1) is 16.5. The quantitative estimate of drug-likeness (QED) is 0.287. The lowest BCUT2D eigenvalue weighted by atomic mass is 10.1. The Balaban J connectivity index is 1.41. The van der Waals surface area contributed by atoms with Crippen LogP contribution >= 0.6 is 35.0 Å². The van der Waals surface area contributed by atoms with Crippen LogP contribution in [0.4, 0.5) is 5.69 Å². The third kappa shape index (κ3) is 4.75. The minimum atomic E-state index is -0.339. The number of fused-ring (bicyclic) bond motifs is 1. The molecule has 172 valence electrons. The Hall–Kier alpha value is -3.06. The zero-order chi connectivity index (χ0) is 23.7. The fourth-order valence-corrected chi connectivity index (χ4v) is 5.21. The summed E-state index contributed by atoms with van der Waals surface area (Å²) in [6.07, 6.45) is 4.03.